The summed E-state index contributed by atoms with van der Waals surface area (Å²) < 4.78 is 0. The maximum atomic E-state index is 5.74. The minimum absolute atomic E-state index is 0.652. The number of rotatable bonds is 8. The molecule has 2 nitrogen and oxygen atoms in total. The van der Waals surface area contributed by atoms with Crippen LogP contribution in [0.4, 0.5) is 0 Å². The van der Waals surface area contributed by atoms with Crippen LogP contribution in [-0.4, -0.2) is 31.1 Å². The molecule has 0 aromatic carbocycles. The molecule has 0 aromatic rings. The van der Waals surface area contributed by atoms with Crippen molar-refractivity contribution >= 4 is 0 Å². The monoisotopic (exact) mass is 198 g/mol. The molecule has 0 aliphatic carbocycles. The van der Waals surface area contributed by atoms with E-state index in [1.165, 1.54) is 18.4 Å². The molecule has 0 rings (SSSR count). The molecular formula is C12H26N2. The molecule has 1 atom stereocenters. The molecule has 0 aliphatic rings. The molecule has 2 N–H and O–H groups in total. The molecule has 0 saturated heterocycles. The van der Waals surface area contributed by atoms with Crippen LogP contribution in [0.5, 0.6) is 0 Å². The quantitative estimate of drug-likeness (QED) is 0.606. The molecule has 0 amide bonds. The number of nitrogens with two attached hydrogens (primary N) is 1. The molecule has 1 unspecified atom stereocenters. The van der Waals surface area contributed by atoms with Gasteiger partial charge in [0.15, 0.2) is 0 Å². The van der Waals surface area contributed by atoms with Gasteiger partial charge in [0.05, 0.1) is 0 Å². The van der Waals surface area contributed by atoms with Crippen LogP contribution in [0.1, 0.15) is 33.6 Å². The second-order valence-electron chi connectivity index (χ2n) is 4.18. The van der Waals surface area contributed by atoms with Gasteiger partial charge in [-0.25, -0.2) is 0 Å². The average Bonchev–Trinajstić information content (AvgIpc) is 2.15. The summed E-state index contributed by atoms with van der Waals surface area (Å²) in [6, 6.07) is 0. The first-order valence-electron chi connectivity index (χ1n) is 5.70. The molecule has 2 heteroatoms. The van der Waals surface area contributed by atoms with Crippen molar-refractivity contribution < 1.29 is 0 Å². The standard InChI is InChI=1S/C12H26N2/c1-5-7-12(8-13)10-14(6-2)9-11(3)4/h12H,3,5-10,13H2,1-2,4H3. The lowest BCUT2D eigenvalue weighted by Crippen LogP contribution is -2.33. The molecule has 0 fully saturated rings. The van der Waals surface area contributed by atoms with Crippen LogP contribution in [0.25, 0.3) is 0 Å². The SMILES string of the molecule is C=C(C)CN(CC)CC(CN)CCC. The smallest absolute Gasteiger partial charge is 0.0187 e. The van der Waals surface area contributed by atoms with E-state index in [-0.39, 0.29) is 0 Å². The molecule has 0 aromatic heterocycles. The zero-order valence-corrected chi connectivity index (χ0v) is 10.1. The van der Waals surface area contributed by atoms with Gasteiger partial charge in [-0.1, -0.05) is 32.4 Å². The van der Waals surface area contributed by atoms with E-state index in [1.54, 1.807) is 0 Å². The summed E-state index contributed by atoms with van der Waals surface area (Å²) in [5.41, 5.74) is 6.98. The Balaban J connectivity index is 3.93. The van der Waals surface area contributed by atoms with Crippen LogP contribution in [0, 0.1) is 5.92 Å². The third-order valence-corrected chi connectivity index (χ3v) is 2.49. The summed E-state index contributed by atoms with van der Waals surface area (Å²) in [5, 5.41) is 0. The van der Waals surface area contributed by atoms with Crippen LogP contribution in [0.2, 0.25) is 0 Å². The van der Waals surface area contributed by atoms with E-state index >= 15 is 0 Å². The van der Waals surface area contributed by atoms with Gasteiger partial charge < -0.3 is 5.73 Å². The number of hydrogen-bond acceptors (Lipinski definition) is 2. The Morgan fingerprint density at radius 2 is 2.07 bits per heavy atom. The highest BCUT2D eigenvalue weighted by Gasteiger charge is 2.10. The third kappa shape index (κ3) is 6.17. The minimum Gasteiger partial charge on any atom is -0.330 e. The van der Waals surface area contributed by atoms with Crippen LogP contribution in [-0.2, 0) is 0 Å². The molecule has 0 spiro atoms. The van der Waals surface area contributed by atoms with Crippen LogP contribution in [0.3, 0.4) is 0 Å². The van der Waals surface area contributed by atoms with Gasteiger partial charge in [0.2, 0.25) is 0 Å². The van der Waals surface area contributed by atoms with Crippen molar-refractivity contribution in [1.29, 1.82) is 0 Å². The minimum atomic E-state index is 0.652. The topological polar surface area (TPSA) is 29.3 Å². The fourth-order valence-electron chi connectivity index (χ4n) is 1.74. The predicted octanol–water partition coefficient (Wildman–Crippen LogP) is 2.26. The third-order valence-electron chi connectivity index (χ3n) is 2.49. The Morgan fingerprint density at radius 3 is 2.43 bits per heavy atom. The van der Waals surface area contributed by atoms with E-state index in [4.69, 9.17) is 5.73 Å². The largest absolute Gasteiger partial charge is 0.330 e. The van der Waals surface area contributed by atoms with E-state index in [2.05, 4.69) is 32.3 Å². The first kappa shape index (κ1) is 13.7. The molecule has 0 heterocycles. The van der Waals surface area contributed by atoms with Crippen LogP contribution in [0.15, 0.2) is 12.2 Å². The van der Waals surface area contributed by atoms with E-state index in [1.807, 2.05) is 0 Å². The van der Waals surface area contributed by atoms with Crippen molar-refractivity contribution in [3.8, 4) is 0 Å². The van der Waals surface area contributed by atoms with Crippen LogP contribution < -0.4 is 5.73 Å². The summed E-state index contributed by atoms with van der Waals surface area (Å²) >= 11 is 0. The molecule has 84 valence electrons. The zero-order valence-electron chi connectivity index (χ0n) is 10.1. The van der Waals surface area contributed by atoms with Gasteiger partial charge in [-0.05, 0) is 32.4 Å². The second kappa shape index (κ2) is 8.01. The second-order valence-corrected chi connectivity index (χ2v) is 4.18. The highest BCUT2D eigenvalue weighted by molar-refractivity contribution is 4.91. The molecule has 0 saturated carbocycles. The first-order valence-corrected chi connectivity index (χ1v) is 5.70. The van der Waals surface area contributed by atoms with Gasteiger partial charge in [-0.15, -0.1) is 0 Å². The number of hydrogen-bond donors (Lipinski definition) is 1. The molecule has 14 heavy (non-hydrogen) atoms. The maximum Gasteiger partial charge on any atom is 0.0187 e. The number of likely N-dealkylation sites (N-methyl/N-ethyl adjacent to an activating group) is 1. The van der Waals surface area contributed by atoms with Gasteiger partial charge in [0.1, 0.15) is 0 Å². The summed E-state index contributed by atoms with van der Waals surface area (Å²) in [4.78, 5) is 2.43. The lowest BCUT2D eigenvalue weighted by molar-refractivity contribution is 0.253. The fraction of sp³-hybridized carbons (Fsp3) is 0.833. The van der Waals surface area contributed by atoms with Crippen molar-refractivity contribution in [2.24, 2.45) is 11.7 Å². The summed E-state index contributed by atoms with van der Waals surface area (Å²) in [6.07, 6.45) is 2.47. The molecule has 0 aliphatic heterocycles. The van der Waals surface area contributed by atoms with Gasteiger partial charge in [-0.2, -0.15) is 0 Å². The molecule has 0 bridgehead atoms. The van der Waals surface area contributed by atoms with Crippen molar-refractivity contribution in [3.05, 3.63) is 12.2 Å². The Kier molecular flexibility index (Phi) is 7.81. The number of nitrogens with zero attached hydrogens (tertiary/aromatic N) is 1. The van der Waals surface area contributed by atoms with Crippen molar-refractivity contribution in [2.75, 3.05) is 26.2 Å². The lowest BCUT2D eigenvalue weighted by Gasteiger charge is -2.25. The van der Waals surface area contributed by atoms with Gasteiger partial charge >= 0.3 is 0 Å². The van der Waals surface area contributed by atoms with E-state index in [0.717, 1.165) is 26.2 Å². The van der Waals surface area contributed by atoms with Crippen molar-refractivity contribution in [1.82, 2.24) is 4.90 Å². The highest BCUT2D eigenvalue weighted by Crippen LogP contribution is 2.08. The Hall–Kier alpha value is -0.340. The molecule has 0 radical (unpaired) electrons. The predicted molar refractivity (Wildman–Crippen MR) is 64.4 cm³/mol. The summed E-state index contributed by atoms with van der Waals surface area (Å²) in [6.45, 7) is 14.5. The maximum absolute atomic E-state index is 5.74. The fourth-order valence-corrected chi connectivity index (χ4v) is 1.74. The van der Waals surface area contributed by atoms with Crippen molar-refractivity contribution in [2.45, 2.75) is 33.6 Å². The van der Waals surface area contributed by atoms with Gasteiger partial charge in [0.25, 0.3) is 0 Å². The normalized spacial score (nSPS) is 13.2. The van der Waals surface area contributed by atoms with Crippen LogP contribution >= 0.6 is 0 Å². The zero-order chi connectivity index (χ0) is 11.0. The van der Waals surface area contributed by atoms with Gasteiger partial charge in [-0.3, -0.25) is 4.90 Å². The Morgan fingerprint density at radius 1 is 1.43 bits per heavy atom. The van der Waals surface area contributed by atoms with E-state index < -0.39 is 0 Å². The highest BCUT2D eigenvalue weighted by atomic mass is 15.1. The van der Waals surface area contributed by atoms with E-state index in [9.17, 15) is 0 Å². The summed E-state index contributed by atoms with van der Waals surface area (Å²) in [5.74, 6) is 0.652. The van der Waals surface area contributed by atoms with E-state index in [0.29, 0.717) is 5.92 Å². The lowest BCUT2D eigenvalue weighted by atomic mass is 10.0. The summed E-state index contributed by atoms with van der Waals surface area (Å²) in [7, 11) is 0. The Bertz CT molecular complexity index is 154. The Labute approximate surface area is 89.2 Å². The first-order chi connectivity index (χ1) is 6.63. The average molecular weight is 198 g/mol. The van der Waals surface area contributed by atoms with Crippen molar-refractivity contribution in [3.63, 3.8) is 0 Å². The molecular weight excluding hydrogens is 172 g/mol. The van der Waals surface area contributed by atoms with Gasteiger partial charge in [0, 0.05) is 13.1 Å².